The number of rotatable bonds is 7. The molecule has 28 heavy (non-hydrogen) atoms. The molecule has 1 saturated heterocycles. The van der Waals surface area contributed by atoms with Crippen LogP contribution >= 0.6 is 0 Å². The number of carbonyl (C=O) groups is 2. The van der Waals surface area contributed by atoms with Crippen molar-refractivity contribution in [2.45, 2.75) is 18.9 Å². The van der Waals surface area contributed by atoms with Gasteiger partial charge >= 0.3 is 6.03 Å². The highest BCUT2D eigenvalue weighted by Crippen LogP contribution is 2.32. The van der Waals surface area contributed by atoms with Gasteiger partial charge in [0.05, 0.1) is 12.8 Å². The van der Waals surface area contributed by atoms with Crippen molar-refractivity contribution in [3.8, 4) is 0 Å². The lowest BCUT2D eigenvalue weighted by molar-refractivity contribution is -0.131. The molecule has 2 N–H and O–H groups in total. The summed E-state index contributed by atoms with van der Waals surface area (Å²) in [5, 5.41) is 16.8. The Morgan fingerprint density at radius 3 is 2.43 bits per heavy atom. The maximum absolute atomic E-state index is 13.0. The minimum absolute atomic E-state index is 0.0759. The topological polar surface area (TPSA) is 85.2 Å². The van der Waals surface area contributed by atoms with Crippen LogP contribution in [0.15, 0.2) is 59.7 Å². The van der Waals surface area contributed by atoms with Crippen molar-refractivity contribution in [1.82, 2.24) is 10.3 Å². The third-order valence-corrected chi connectivity index (χ3v) is 4.96. The van der Waals surface area contributed by atoms with Crippen LogP contribution in [0.1, 0.15) is 24.5 Å². The minimum Gasteiger partial charge on any atom is -0.395 e. The molecule has 0 bridgehead atoms. The number of urea groups is 1. The maximum Gasteiger partial charge on any atom is 0.346 e. The zero-order valence-electron chi connectivity index (χ0n) is 16.0. The quantitative estimate of drug-likeness (QED) is 0.570. The molecular weight excluding hydrogens is 356 g/mol. The summed E-state index contributed by atoms with van der Waals surface area (Å²) >= 11 is 0. The molecule has 0 aromatic heterocycles. The molecule has 7 heteroatoms. The first kappa shape index (κ1) is 19.6. The highest BCUT2D eigenvalue weighted by atomic mass is 16.3. The first-order valence-electron chi connectivity index (χ1n) is 9.20. The van der Waals surface area contributed by atoms with Crippen molar-refractivity contribution in [2.24, 2.45) is 5.10 Å². The second-order valence-corrected chi connectivity index (χ2v) is 6.65. The number of imide groups is 1. The molecule has 1 aliphatic rings. The predicted molar refractivity (Wildman–Crippen MR) is 108 cm³/mol. The van der Waals surface area contributed by atoms with Gasteiger partial charge in [0.15, 0.2) is 0 Å². The van der Waals surface area contributed by atoms with E-state index in [0.29, 0.717) is 13.0 Å². The predicted octanol–water partition coefficient (Wildman–Crippen LogP) is 2.31. The second kappa shape index (κ2) is 8.22. The Balaban J connectivity index is 1.79. The molecule has 1 atom stereocenters. The maximum atomic E-state index is 13.0. The van der Waals surface area contributed by atoms with E-state index in [1.165, 1.54) is 6.21 Å². The highest BCUT2D eigenvalue weighted by molar-refractivity contribution is 6.07. The van der Waals surface area contributed by atoms with Gasteiger partial charge in [-0.15, -0.1) is 5.01 Å². The van der Waals surface area contributed by atoms with Crippen LogP contribution in [0.5, 0.6) is 0 Å². The number of amides is 3. The van der Waals surface area contributed by atoms with Gasteiger partial charge in [0.2, 0.25) is 0 Å². The van der Waals surface area contributed by atoms with Crippen molar-refractivity contribution < 1.29 is 14.7 Å². The molecule has 7 nitrogen and oxygen atoms in total. The van der Waals surface area contributed by atoms with Crippen LogP contribution in [0.3, 0.4) is 0 Å². The number of hydrazone groups is 1. The van der Waals surface area contributed by atoms with E-state index >= 15 is 0 Å². The molecule has 3 rings (SSSR count). The Morgan fingerprint density at radius 2 is 1.82 bits per heavy atom. The fourth-order valence-corrected chi connectivity index (χ4v) is 3.25. The van der Waals surface area contributed by atoms with E-state index in [1.807, 2.05) is 73.5 Å². The molecule has 0 aliphatic carbocycles. The van der Waals surface area contributed by atoms with Crippen LogP contribution in [0, 0.1) is 0 Å². The molecule has 0 radical (unpaired) electrons. The number of aliphatic hydroxyl groups is 1. The number of hydrogen-bond acceptors (Lipinski definition) is 5. The number of anilines is 1. The summed E-state index contributed by atoms with van der Waals surface area (Å²) in [6.45, 7) is 2.47. The Labute approximate surface area is 164 Å². The average Bonchev–Trinajstić information content (AvgIpc) is 2.98. The third-order valence-electron chi connectivity index (χ3n) is 4.96. The standard InChI is InChI=1S/C21H24N4O3/c1-3-21(17-7-5-4-6-8-17)19(27)25(20(28)23-21)22-15-16-9-11-18(12-10-16)24(2)13-14-26/h4-12,15,26H,3,13-14H2,1-2H3,(H,23,28)/b22-15-/t21-/m0/s1. The van der Waals surface area contributed by atoms with Gasteiger partial charge in [0.25, 0.3) is 5.91 Å². The van der Waals surface area contributed by atoms with Gasteiger partial charge in [-0.2, -0.15) is 5.10 Å². The van der Waals surface area contributed by atoms with Crippen molar-refractivity contribution in [3.63, 3.8) is 0 Å². The summed E-state index contributed by atoms with van der Waals surface area (Å²) in [6, 6.07) is 16.1. The molecule has 0 unspecified atom stereocenters. The van der Waals surface area contributed by atoms with Gasteiger partial charge < -0.3 is 15.3 Å². The molecule has 1 fully saturated rings. The van der Waals surface area contributed by atoms with Gasteiger partial charge in [0, 0.05) is 19.3 Å². The summed E-state index contributed by atoms with van der Waals surface area (Å²) in [7, 11) is 1.89. The van der Waals surface area contributed by atoms with E-state index < -0.39 is 11.6 Å². The fourth-order valence-electron chi connectivity index (χ4n) is 3.25. The van der Waals surface area contributed by atoms with Gasteiger partial charge in [-0.1, -0.05) is 49.4 Å². The van der Waals surface area contributed by atoms with Crippen LogP contribution in [-0.2, 0) is 10.3 Å². The number of likely N-dealkylation sites (N-methyl/N-ethyl adjacent to an activating group) is 1. The minimum atomic E-state index is -1.09. The van der Waals surface area contributed by atoms with E-state index in [2.05, 4.69) is 10.4 Å². The molecule has 0 saturated carbocycles. The van der Waals surface area contributed by atoms with E-state index in [0.717, 1.165) is 21.8 Å². The molecule has 1 heterocycles. The second-order valence-electron chi connectivity index (χ2n) is 6.65. The summed E-state index contributed by atoms with van der Waals surface area (Å²) in [6.07, 6.45) is 1.92. The van der Waals surface area contributed by atoms with E-state index in [1.54, 1.807) is 0 Å². The summed E-state index contributed by atoms with van der Waals surface area (Å²) < 4.78 is 0. The van der Waals surface area contributed by atoms with Crippen molar-refractivity contribution in [2.75, 3.05) is 25.1 Å². The average molecular weight is 380 g/mol. The first-order valence-corrected chi connectivity index (χ1v) is 9.20. The number of aliphatic hydroxyl groups excluding tert-OH is 1. The summed E-state index contributed by atoms with van der Waals surface area (Å²) in [5.74, 6) is -0.387. The van der Waals surface area contributed by atoms with Gasteiger partial charge in [-0.25, -0.2) is 4.79 Å². The van der Waals surface area contributed by atoms with E-state index in [9.17, 15) is 9.59 Å². The molecule has 146 valence electrons. The van der Waals surface area contributed by atoms with Crippen LogP contribution in [-0.4, -0.2) is 48.5 Å². The number of carbonyl (C=O) groups excluding carboxylic acids is 2. The molecule has 0 spiro atoms. The van der Waals surface area contributed by atoms with Gasteiger partial charge in [-0.05, 0) is 29.7 Å². The lowest BCUT2D eigenvalue weighted by atomic mass is 9.87. The zero-order valence-corrected chi connectivity index (χ0v) is 16.0. The number of nitrogens with zero attached hydrogens (tertiary/aromatic N) is 3. The molecule has 2 aromatic carbocycles. The Bertz CT molecular complexity index is 867. The lowest BCUT2D eigenvalue weighted by Crippen LogP contribution is -2.43. The first-order chi connectivity index (χ1) is 13.5. The molecule has 2 aromatic rings. The Hall–Kier alpha value is -3.19. The third kappa shape index (κ3) is 3.61. The highest BCUT2D eigenvalue weighted by Gasteiger charge is 2.51. The van der Waals surface area contributed by atoms with E-state index in [-0.39, 0.29) is 12.5 Å². The van der Waals surface area contributed by atoms with Crippen molar-refractivity contribution in [3.05, 3.63) is 65.7 Å². The normalized spacial score (nSPS) is 19.3. The van der Waals surface area contributed by atoms with E-state index in [4.69, 9.17) is 5.11 Å². The van der Waals surface area contributed by atoms with Crippen LogP contribution in [0.25, 0.3) is 0 Å². The SMILES string of the molecule is CC[C@@]1(c2ccccc2)NC(=O)N(/N=C\c2ccc(N(C)CCO)cc2)C1=O. The number of benzene rings is 2. The van der Waals surface area contributed by atoms with Crippen LogP contribution in [0.4, 0.5) is 10.5 Å². The van der Waals surface area contributed by atoms with Crippen molar-refractivity contribution in [1.29, 1.82) is 0 Å². The monoisotopic (exact) mass is 380 g/mol. The van der Waals surface area contributed by atoms with Gasteiger partial charge in [-0.3, -0.25) is 4.79 Å². The largest absolute Gasteiger partial charge is 0.395 e. The number of nitrogens with one attached hydrogen (secondary N) is 1. The van der Waals surface area contributed by atoms with Crippen LogP contribution in [0.2, 0.25) is 0 Å². The zero-order chi connectivity index (χ0) is 20.1. The van der Waals surface area contributed by atoms with Gasteiger partial charge in [0.1, 0.15) is 5.54 Å². The fraction of sp³-hybridized carbons (Fsp3) is 0.286. The van der Waals surface area contributed by atoms with Crippen LogP contribution < -0.4 is 10.2 Å². The number of hydrogen-bond donors (Lipinski definition) is 2. The molecule has 1 aliphatic heterocycles. The summed E-state index contributed by atoms with van der Waals surface area (Å²) in [4.78, 5) is 27.3. The molecular formula is C21H24N4O3. The Morgan fingerprint density at radius 1 is 1.14 bits per heavy atom. The summed E-state index contributed by atoms with van der Waals surface area (Å²) in [5.41, 5.74) is 1.36. The smallest absolute Gasteiger partial charge is 0.346 e. The van der Waals surface area contributed by atoms with Crippen molar-refractivity contribution >= 4 is 23.8 Å². The molecule has 3 amide bonds. The Kier molecular flexibility index (Phi) is 5.75. The lowest BCUT2D eigenvalue weighted by Gasteiger charge is -2.24.